The smallest absolute Gasteiger partial charge is 0.262 e. The fourth-order valence-corrected chi connectivity index (χ4v) is 3.64. The van der Waals surface area contributed by atoms with Gasteiger partial charge >= 0.3 is 0 Å². The highest BCUT2D eigenvalue weighted by molar-refractivity contribution is 6.31. The zero-order valence-electron chi connectivity index (χ0n) is 16.3. The molecule has 3 aromatic carbocycles. The predicted molar refractivity (Wildman–Crippen MR) is 124 cm³/mol. The van der Waals surface area contributed by atoms with Crippen molar-refractivity contribution in [1.29, 1.82) is 0 Å². The van der Waals surface area contributed by atoms with Gasteiger partial charge in [-0.1, -0.05) is 53.5 Å². The normalized spacial score (nSPS) is 14.9. The lowest BCUT2D eigenvalue weighted by Crippen LogP contribution is -2.24. The Morgan fingerprint density at radius 3 is 2.33 bits per heavy atom. The molecule has 0 saturated carbocycles. The summed E-state index contributed by atoms with van der Waals surface area (Å²) in [6.07, 6.45) is 3.77. The number of rotatable bonds is 5. The summed E-state index contributed by atoms with van der Waals surface area (Å²) >= 11 is 12.2. The molecule has 0 spiro atoms. The van der Waals surface area contributed by atoms with E-state index in [9.17, 15) is 4.79 Å². The maximum absolute atomic E-state index is 13.4. The SMILES string of the molecule is CCOc1ccc(/C=C2\C=C(c3ccc(Cl)cc3)N(c3cccc(Cl)c3)C2=O)cc1. The molecular formula is C25H19Cl2NO2. The molecule has 0 radical (unpaired) electrons. The van der Waals surface area contributed by atoms with E-state index in [1.165, 1.54) is 0 Å². The molecule has 0 atom stereocenters. The van der Waals surface area contributed by atoms with Gasteiger partial charge in [0.15, 0.2) is 0 Å². The third-order valence-corrected chi connectivity index (χ3v) is 5.19. The quantitative estimate of drug-likeness (QED) is 0.409. The van der Waals surface area contributed by atoms with Gasteiger partial charge in [0.2, 0.25) is 0 Å². The second kappa shape index (κ2) is 8.78. The Kier molecular flexibility index (Phi) is 5.93. The van der Waals surface area contributed by atoms with Crippen LogP contribution < -0.4 is 9.64 Å². The molecule has 5 heteroatoms. The van der Waals surface area contributed by atoms with Crippen LogP contribution in [0.2, 0.25) is 10.0 Å². The molecule has 4 rings (SSSR count). The Labute approximate surface area is 185 Å². The van der Waals surface area contributed by atoms with Gasteiger partial charge in [-0.05, 0) is 72.7 Å². The van der Waals surface area contributed by atoms with Crippen LogP contribution in [-0.4, -0.2) is 12.5 Å². The van der Waals surface area contributed by atoms with Crippen molar-refractivity contribution in [3.05, 3.63) is 106 Å². The Balaban J connectivity index is 1.76. The van der Waals surface area contributed by atoms with Crippen molar-refractivity contribution in [1.82, 2.24) is 0 Å². The molecule has 0 fully saturated rings. The minimum Gasteiger partial charge on any atom is -0.494 e. The Morgan fingerprint density at radius 1 is 0.933 bits per heavy atom. The van der Waals surface area contributed by atoms with Crippen LogP contribution in [0.3, 0.4) is 0 Å². The first kappa shape index (κ1) is 20.3. The summed E-state index contributed by atoms with van der Waals surface area (Å²) in [6, 6.07) is 22.4. The summed E-state index contributed by atoms with van der Waals surface area (Å²) in [5.41, 5.74) is 3.88. The molecule has 1 amide bonds. The number of hydrogen-bond donors (Lipinski definition) is 0. The third kappa shape index (κ3) is 4.28. The molecule has 0 unspecified atom stereocenters. The maximum Gasteiger partial charge on any atom is 0.262 e. The van der Waals surface area contributed by atoms with Gasteiger partial charge in [0.1, 0.15) is 5.75 Å². The molecule has 3 nitrogen and oxygen atoms in total. The van der Waals surface area contributed by atoms with Crippen LogP contribution in [-0.2, 0) is 4.79 Å². The molecule has 1 heterocycles. The standard InChI is InChI=1S/C25H19Cl2NO2/c1-2-30-23-12-6-17(7-13-23)14-19-15-24(18-8-10-20(26)11-9-18)28(25(19)29)22-5-3-4-21(27)16-22/h3-16H,2H2,1H3/b19-14+. The lowest BCUT2D eigenvalue weighted by atomic mass is 10.1. The average molecular weight is 436 g/mol. The fraction of sp³-hybridized carbons (Fsp3) is 0.0800. The highest BCUT2D eigenvalue weighted by Crippen LogP contribution is 2.36. The van der Waals surface area contributed by atoms with Gasteiger partial charge in [0.05, 0.1) is 18.0 Å². The number of anilines is 1. The first-order valence-corrected chi connectivity index (χ1v) is 10.3. The molecule has 3 aromatic rings. The van der Waals surface area contributed by atoms with Crippen LogP contribution in [0.5, 0.6) is 5.75 Å². The van der Waals surface area contributed by atoms with Crippen LogP contribution in [0, 0.1) is 0 Å². The van der Waals surface area contributed by atoms with Crippen LogP contribution in [0.25, 0.3) is 11.8 Å². The van der Waals surface area contributed by atoms with E-state index in [4.69, 9.17) is 27.9 Å². The lowest BCUT2D eigenvalue weighted by Gasteiger charge is -2.21. The van der Waals surface area contributed by atoms with Gasteiger partial charge in [-0.25, -0.2) is 0 Å². The molecule has 1 aliphatic rings. The van der Waals surface area contributed by atoms with E-state index in [2.05, 4.69) is 0 Å². The minimum atomic E-state index is -0.115. The fourth-order valence-electron chi connectivity index (χ4n) is 3.33. The van der Waals surface area contributed by atoms with Gasteiger partial charge in [-0.3, -0.25) is 9.69 Å². The first-order valence-electron chi connectivity index (χ1n) is 9.57. The number of benzene rings is 3. The molecule has 0 aliphatic carbocycles. The van der Waals surface area contributed by atoms with Gasteiger partial charge in [0.25, 0.3) is 5.91 Å². The van der Waals surface area contributed by atoms with Crippen LogP contribution >= 0.6 is 23.2 Å². The molecule has 150 valence electrons. The van der Waals surface area contributed by atoms with Gasteiger partial charge in [-0.2, -0.15) is 0 Å². The van der Waals surface area contributed by atoms with Crippen molar-refractivity contribution in [2.24, 2.45) is 0 Å². The second-order valence-electron chi connectivity index (χ2n) is 6.76. The second-order valence-corrected chi connectivity index (χ2v) is 7.63. The van der Waals surface area contributed by atoms with E-state index in [1.807, 2.05) is 79.7 Å². The summed E-state index contributed by atoms with van der Waals surface area (Å²) in [7, 11) is 0. The monoisotopic (exact) mass is 435 g/mol. The number of ether oxygens (including phenoxy) is 1. The Bertz CT molecular complexity index is 1130. The summed E-state index contributed by atoms with van der Waals surface area (Å²) < 4.78 is 5.49. The average Bonchev–Trinajstić information content (AvgIpc) is 3.06. The third-order valence-electron chi connectivity index (χ3n) is 4.70. The van der Waals surface area contributed by atoms with Crippen molar-refractivity contribution >= 4 is 46.6 Å². The van der Waals surface area contributed by atoms with Crippen molar-refractivity contribution in [3.63, 3.8) is 0 Å². The van der Waals surface area contributed by atoms with E-state index in [1.54, 1.807) is 17.0 Å². The largest absolute Gasteiger partial charge is 0.494 e. The number of halogens is 2. The van der Waals surface area contributed by atoms with E-state index in [-0.39, 0.29) is 5.91 Å². The number of amides is 1. The molecule has 30 heavy (non-hydrogen) atoms. The predicted octanol–water partition coefficient (Wildman–Crippen LogP) is 6.86. The minimum absolute atomic E-state index is 0.115. The molecule has 0 bridgehead atoms. The van der Waals surface area contributed by atoms with Crippen molar-refractivity contribution in [3.8, 4) is 5.75 Å². The number of nitrogens with zero attached hydrogens (tertiary/aromatic N) is 1. The molecule has 1 aliphatic heterocycles. The lowest BCUT2D eigenvalue weighted by molar-refractivity contribution is -0.113. The molecule has 0 saturated heterocycles. The number of carbonyl (C=O) groups excluding carboxylic acids is 1. The zero-order valence-corrected chi connectivity index (χ0v) is 17.8. The Hall–Kier alpha value is -3.01. The first-order chi connectivity index (χ1) is 14.5. The van der Waals surface area contributed by atoms with Gasteiger partial charge < -0.3 is 4.74 Å². The van der Waals surface area contributed by atoms with Crippen molar-refractivity contribution in [2.75, 3.05) is 11.5 Å². The summed E-state index contributed by atoms with van der Waals surface area (Å²) in [5, 5.41) is 1.21. The Morgan fingerprint density at radius 2 is 1.67 bits per heavy atom. The van der Waals surface area contributed by atoms with Crippen molar-refractivity contribution < 1.29 is 9.53 Å². The zero-order chi connectivity index (χ0) is 21.1. The van der Waals surface area contributed by atoms with E-state index in [0.29, 0.717) is 27.9 Å². The molecular weight excluding hydrogens is 417 g/mol. The number of hydrogen-bond acceptors (Lipinski definition) is 2. The van der Waals surface area contributed by atoms with Crippen molar-refractivity contribution in [2.45, 2.75) is 6.92 Å². The van der Waals surface area contributed by atoms with Crippen LogP contribution in [0.4, 0.5) is 5.69 Å². The van der Waals surface area contributed by atoms with Crippen LogP contribution in [0.15, 0.2) is 84.4 Å². The van der Waals surface area contributed by atoms with E-state index < -0.39 is 0 Å². The van der Waals surface area contributed by atoms with E-state index >= 15 is 0 Å². The van der Waals surface area contributed by atoms with E-state index in [0.717, 1.165) is 22.6 Å². The maximum atomic E-state index is 13.4. The topological polar surface area (TPSA) is 29.5 Å². The molecule has 0 N–H and O–H groups in total. The van der Waals surface area contributed by atoms with Gasteiger partial charge in [0, 0.05) is 15.6 Å². The highest BCUT2D eigenvalue weighted by atomic mass is 35.5. The molecule has 0 aromatic heterocycles. The summed E-state index contributed by atoms with van der Waals surface area (Å²) in [4.78, 5) is 15.0. The number of carbonyl (C=O) groups is 1. The summed E-state index contributed by atoms with van der Waals surface area (Å²) in [6.45, 7) is 2.56. The summed E-state index contributed by atoms with van der Waals surface area (Å²) in [5.74, 6) is 0.687. The van der Waals surface area contributed by atoms with Crippen LogP contribution in [0.1, 0.15) is 18.1 Å². The van der Waals surface area contributed by atoms with Gasteiger partial charge in [-0.15, -0.1) is 0 Å². The highest BCUT2D eigenvalue weighted by Gasteiger charge is 2.30.